The van der Waals surface area contributed by atoms with Crippen LogP contribution in [0.3, 0.4) is 0 Å². The molecule has 0 saturated heterocycles. The third-order valence-electron chi connectivity index (χ3n) is 16.3. The summed E-state index contributed by atoms with van der Waals surface area (Å²) in [6, 6.07) is 92.1. The molecule has 9 heteroatoms. The van der Waals surface area contributed by atoms with E-state index in [9.17, 15) is 15.8 Å². The number of hydrogen-bond acceptors (Lipinski definition) is 5. The average Bonchev–Trinajstić information content (AvgIpc) is 2.38. The summed E-state index contributed by atoms with van der Waals surface area (Å²) in [6.45, 7) is 0. The van der Waals surface area contributed by atoms with Crippen LogP contribution in [0.15, 0.2) is 249 Å². The van der Waals surface area contributed by atoms with E-state index in [0.29, 0.717) is 50.8 Å². The van der Waals surface area contributed by atoms with E-state index in [2.05, 4.69) is 194 Å². The lowest BCUT2D eigenvalue weighted by Gasteiger charge is -2.16. The first-order valence-corrected chi connectivity index (χ1v) is 27.1. The Morgan fingerprint density at radius 3 is 1.09 bits per heavy atom. The standard InChI is InChI=1S/C73H41N9/c74-42-48-40-46(32-36-59(48)81-63-30-16-12-26-56(63)67-65(81)38-34-54-52-24-10-14-28-61(52)79(71(54)67)50-20-6-2-7-21-50)69-58(44-76)70(78-73(77-69)45-18-4-1-5-19-45)47-33-37-60(49(41-47)43-75)82-64-31-17-13-27-57(64)68-66(82)39-35-55-53-25-11-15-29-62(53)80(72(55)68)51-22-8-3-9-23-51/h1-41H. The first-order valence-electron chi connectivity index (χ1n) is 27.1. The molecule has 378 valence electrons. The van der Waals surface area contributed by atoms with Crippen molar-refractivity contribution in [1.29, 1.82) is 15.8 Å². The molecule has 0 unspecified atom stereocenters. The molecule has 0 bridgehead atoms. The van der Waals surface area contributed by atoms with Gasteiger partial charge in [-0.2, -0.15) is 15.8 Å². The Morgan fingerprint density at radius 2 is 0.671 bits per heavy atom. The van der Waals surface area contributed by atoms with Crippen LogP contribution in [0.25, 0.3) is 144 Å². The van der Waals surface area contributed by atoms with Gasteiger partial charge in [0.25, 0.3) is 0 Å². The molecule has 0 spiro atoms. The van der Waals surface area contributed by atoms with Crippen molar-refractivity contribution in [3.8, 4) is 74.9 Å². The summed E-state index contributed by atoms with van der Waals surface area (Å²) in [7, 11) is 0. The molecule has 5 aromatic heterocycles. The Labute approximate surface area is 469 Å². The van der Waals surface area contributed by atoms with Crippen LogP contribution in [0.2, 0.25) is 0 Å². The van der Waals surface area contributed by atoms with Crippen molar-refractivity contribution < 1.29 is 0 Å². The van der Waals surface area contributed by atoms with Gasteiger partial charge in [0.15, 0.2) is 5.82 Å². The van der Waals surface area contributed by atoms with E-state index in [4.69, 9.17) is 9.97 Å². The number of rotatable bonds is 7. The lowest BCUT2D eigenvalue weighted by atomic mass is 9.97. The van der Waals surface area contributed by atoms with Crippen LogP contribution in [0.5, 0.6) is 0 Å². The van der Waals surface area contributed by atoms with Gasteiger partial charge in [0.2, 0.25) is 0 Å². The van der Waals surface area contributed by atoms with Crippen LogP contribution in [-0.4, -0.2) is 28.2 Å². The van der Waals surface area contributed by atoms with E-state index in [1.165, 1.54) is 0 Å². The lowest BCUT2D eigenvalue weighted by Crippen LogP contribution is -2.03. The zero-order valence-corrected chi connectivity index (χ0v) is 43.7. The van der Waals surface area contributed by atoms with Crippen molar-refractivity contribution >= 4 is 87.2 Å². The van der Waals surface area contributed by atoms with Gasteiger partial charge in [-0.1, -0.05) is 164 Å². The van der Waals surface area contributed by atoms with E-state index >= 15 is 0 Å². The van der Waals surface area contributed by atoms with Gasteiger partial charge in [-0.25, -0.2) is 9.97 Å². The van der Waals surface area contributed by atoms with Gasteiger partial charge in [0.1, 0.15) is 23.8 Å². The number of nitriles is 3. The van der Waals surface area contributed by atoms with Crippen molar-refractivity contribution in [3.05, 3.63) is 265 Å². The molecule has 0 saturated carbocycles. The molecule has 82 heavy (non-hydrogen) atoms. The second kappa shape index (κ2) is 18.1. The first kappa shape index (κ1) is 46.3. The van der Waals surface area contributed by atoms with Crippen molar-refractivity contribution in [2.45, 2.75) is 0 Å². The highest BCUT2D eigenvalue weighted by Gasteiger charge is 2.26. The Balaban J connectivity index is 0.881. The zero-order chi connectivity index (χ0) is 54.6. The molecule has 0 aliphatic rings. The molecule has 16 aromatic rings. The summed E-state index contributed by atoms with van der Waals surface area (Å²) in [6.07, 6.45) is 0. The molecule has 0 amide bonds. The zero-order valence-electron chi connectivity index (χ0n) is 43.7. The molecule has 16 rings (SSSR count). The molecular formula is C73H41N9. The second-order valence-corrected chi connectivity index (χ2v) is 20.6. The molecule has 0 N–H and O–H groups in total. The smallest absolute Gasteiger partial charge is 0.160 e. The quantitative estimate of drug-likeness (QED) is 0.158. The highest BCUT2D eigenvalue weighted by molar-refractivity contribution is 6.27. The van der Waals surface area contributed by atoms with E-state index in [-0.39, 0.29) is 5.56 Å². The SMILES string of the molecule is N#Cc1cc(-c2nc(-c3ccccc3)nc(-c3ccc(-n4c5ccccc5c5c4ccc4c6ccccc6n(-c6ccccc6)c45)c(C#N)c3)c2C#N)ccc1-n1c2ccccc2c2c1ccc1c3ccccc3n(-c3ccccc3)c12. The monoisotopic (exact) mass is 1040 g/mol. The van der Waals surface area contributed by atoms with E-state index < -0.39 is 0 Å². The summed E-state index contributed by atoms with van der Waals surface area (Å²) in [4.78, 5) is 10.3. The summed E-state index contributed by atoms with van der Waals surface area (Å²) in [5.41, 5.74) is 15.3. The Morgan fingerprint density at radius 1 is 0.293 bits per heavy atom. The number of hydrogen-bond donors (Lipinski definition) is 0. The maximum Gasteiger partial charge on any atom is 0.160 e. The Kier molecular flexibility index (Phi) is 10.2. The van der Waals surface area contributed by atoms with E-state index in [1.54, 1.807) is 0 Å². The Hall–Kier alpha value is -11.8. The lowest BCUT2D eigenvalue weighted by molar-refractivity contribution is 1.15. The van der Waals surface area contributed by atoms with Gasteiger partial charge in [0.05, 0.1) is 78.0 Å². The molecule has 0 aliphatic heterocycles. The number of aromatic nitrogens is 6. The van der Waals surface area contributed by atoms with Gasteiger partial charge in [0, 0.05) is 71.2 Å². The second-order valence-electron chi connectivity index (χ2n) is 20.6. The molecule has 0 aliphatic carbocycles. The minimum atomic E-state index is 0.217. The number of fused-ring (bicyclic) bond motifs is 14. The topological polar surface area (TPSA) is 117 Å². The summed E-state index contributed by atoms with van der Waals surface area (Å²) >= 11 is 0. The minimum absolute atomic E-state index is 0.217. The predicted octanol–water partition coefficient (Wildman–Crippen LogP) is 17.5. The largest absolute Gasteiger partial charge is 0.309 e. The number of nitrogens with zero attached hydrogens (tertiary/aromatic N) is 9. The number of benzene rings is 11. The van der Waals surface area contributed by atoms with Crippen LogP contribution in [0.4, 0.5) is 0 Å². The van der Waals surface area contributed by atoms with Gasteiger partial charge < -0.3 is 18.3 Å². The normalized spacial score (nSPS) is 11.6. The molecule has 9 nitrogen and oxygen atoms in total. The van der Waals surface area contributed by atoms with Gasteiger partial charge in [-0.3, -0.25) is 0 Å². The highest BCUT2D eigenvalue weighted by atomic mass is 15.0. The predicted molar refractivity (Wildman–Crippen MR) is 330 cm³/mol. The fourth-order valence-corrected chi connectivity index (χ4v) is 12.9. The molecule has 0 fully saturated rings. The maximum absolute atomic E-state index is 11.3. The first-order chi connectivity index (χ1) is 40.6. The van der Waals surface area contributed by atoms with Crippen molar-refractivity contribution in [2.24, 2.45) is 0 Å². The molecule has 5 heterocycles. The van der Waals surface area contributed by atoms with E-state index in [0.717, 1.165) is 104 Å². The third-order valence-corrected chi connectivity index (χ3v) is 16.3. The minimum Gasteiger partial charge on any atom is -0.309 e. The Bertz CT molecular complexity index is 5170. The van der Waals surface area contributed by atoms with Crippen LogP contribution >= 0.6 is 0 Å². The van der Waals surface area contributed by atoms with Crippen molar-refractivity contribution in [1.82, 2.24) is 28.2 Å². The average molecular weight is 1040 g/mol. The molecular weight excluding hydrogens is 1000 g/mol. The van der Waals surface area contributed by atoms with Crippen LogP contribution in [-0.2, 0) is 0 Å². The summed E-state index contributed by atoms with van der Waals surface area (Å²) in [5, 5.41) is 42.6. The fraction of sp³-hybridized carbons (Fsp3) is 0. The van der Waals surface area contributed by atoms with Crippen LogP contribution in [0.1, 0.15) is 16.7 Å². The van der Waals surface area contributed by atoms with Crippen molar-refractivity contribution in [2.75, 3.05) is 0 Å². The summed E-state index contributed by atoms with van der Waals surface area (Å²) in [5.74, 6) is 0.398. The number of para-hydroxylation sites is 6. The molecule has 0 atom stereocenters. The maximum atomic E-state index is 11.3. The fourth-order valence-electron chi connectivity index (χ4n) is 12.9. The van der Waals surface area contributed by atoms with Crippen LogP contribution in [0, 0.1) is 34.0 Å². The highest BCUT2D eigenvalue weighted by Crippen LogP contribution is 2.45. The third kappa shape index (κ3) is 6.71. The molecule has 0 radical (unpaired) electrons. The van der Waals surface area contributed by atoms with Crippen molar-refractivity contribution in [3.63, 3.8) is 0 Å². The van der Waals surface area contributed by atoms with Crippen LogP contribution < -0.4 is 0 Å². The van der Waals surface area contributed by atoms with Gasteiger partial charge in [-0.15, -0.1) is 0 Å². The molecule has 11 aromatic carbocycles. The summed E-state index contributed by atoms with van der Waals surface area (Å²) < 4.78 is 9.05. The van der Waals surface area contributed by atoms with Gasteiger partial charge >= 0.3 is 0 Å². The van der Waals surface area contributed by atoms with Gasteiger partial charge in [-0.05, 0) is 84.9 Å². The van der Waals surface area contributed by atoms with E-state index in [1.807, 2.05) is 91.0 Å².